The van der Waals surface area contributed by atoms with Crippen molar-refractivity contribution in [3.63, 3.8) is 0 Å². The first-order chi connectivity index (χ1) is 7.33. The standard InChI is InChI=1S/C12H7ClN2/c13-11-5-1-3-9(7-14)12(11)10-4-2-6-15-8-10/h1-6,8H. The van der Waals surface area contributed by atoms with Gasteiger partial charge in [-0.2, -0.15) is 5.26 Å². The molecule has 15 heavy (non-hydrogen) atoms. The Hall–Kier alpha value is -1.85. The molecule has 0 aliphatic carbocycles. The van der Waals surface area contributed by atoms with Crippen LogP contribution in [-0.2, 0) is 0 Å². The quantitative estimate of drug-likeness (QED) is 0.731. The maximum absolute atomic E-state index is 8.98. The van der Waals surface area contributed by atoms with E-state index < -0.39 is 0 Å². The number of rotatable bonds is 1. The fourth-order valence-electron chi connectivity index (χ4n) is 1.42. The van der Waals surface area contributed by atoms with Crippen LogP contribution in [0.2, 0.25) is 5.02 Å². The van der Waals surface area contributed by atoms with Crippen molar-refractivity contribution < 1.29 is 0 Å². The van der Waals surface area contributed by atoms with Gasteiger partial charge in [-0.1, -0.05) is 23.7 Å². The molecule has 2 aromatic rings. The molecular formula is C12H7ClN2. The normalized spacial score (nSPS) is 9.60. The molecule has 2 nitrogen and oxygen atoms in total. The van der Waals surface area contributed by atoms with Crippen LogP contribution in [0, 0.1) is 11.3 Å². The van der Waals surface area contributed by atoms with Gasteiger partial charge in [0, 0.05) is 28.5 Å². The summed E-state index contributed by atoms with van der Waals surface area (Å²) in [4.78, 5) is 4.01. The summed E-state index contributed by atoms with van der Waals surface area (Å²) in [7, 11) is 0. The van der Waals surface area contributed by atoms with Crippen LogP contribution in [0.3, 0.4) is 0 Å². The number of hydrogen-bond donors (Lipinski definition) is 0. The van der Waals surface area contributed by atoms with Crippen LogP contribution in [0.25, 0.3) is 11.1 Å². The fourth-order valence-corrected chi connectivity index (χ4v) is 1.70. The molecule has 0 spiro atoms. The first-order valence-electron chi connectivity index (χ1n) is 4.42. The second-order valence-electron chi connectivity index (χ2n) is 3.02. The molecule has 0 atom stereocenters. The van der Waals surface area contributed by atoms with Gasteiger partial charge in [0.15, 0.2) is 0 Å². The highest BCUT2D eigenvalue weighted by Crippen LogP contribution is 2.30. The van der Waals surface area contributed by atoms with Gasteiger partial charge in [0.25, 0.3) is 0 Å². The van der Waals surface area contributed by atoms with Crippen molar-refractivity contribution in [3.05, 3.63) is 53.3 Å². The van der Waals surface area contributed by atoms with Gasteiger partial charge in [0.1, 0.15) is 0 Å². The second kappa shape index (κ2) is 4.12. The molecule has 1 aromatic carbocycles. The van der Waals surface area contributed by atoms with Gasteiger partial charge < -0.3 is 0 Å². The van der Waals surface area contributed by atoms with Gasteiger partial charge in [0.05, 0.1) is 11.6 Å². The SMILES string of the molecule is N#Cc1cccc(Cl)c1-c1cccnc1. The third kappa shape index (κ3) is 1.83. The van der Waals surface area contributed by atoms with E-state index in [1.807, 2.05) is 12.1 Å². The first-order valence-corrected chi connectivity index (χ1v) is 4.79. The van der Waals surface area contributed by atoms with Crippen LogP contribution < -0.4 is 0 Å². The molecular weight excluding hydrogens is 208 g/mol. The largest absolute Gasteiger partial charge is 0.264 e. The summed E-state index contributed by atoms with van der Waals surface area (Å²) in [5.74, 6) is 0. The number of nitriles is 1. The predicted octanol–water partition coefficient (Wildman–Crippen LogP) is 3.27. The average molecular weight is 215 g/mol. The highest BCUT2D eigenvalue weighted by Gasteiger charge is 2.08. The average Bonchev–Trinajstić information content (AvgIpc) is 2.29. The van der Waals surface area contributed by atoms with E-state index in [4.69, 9.17) is 16.9 Å². The Morgan fingerprint density at radius 1 is 1.20 bits per heavy atom. The molecule has 0 saturated heterocycles. The molecule has 0 radical (unpaired) electrons. The molecule has 0 unspecified atom stereocenters. The van der Waals surface area contributed by atoms with E-state index in [9.17, 15) is 0 Å². The number of pyridine rings is 1. The second-order valence-corrected chi connectivity index (χ2v) is 3.42. The smallest absolute Gasteiger partial charge is 0.0998 e. The molecule has 0 fully saturated rings. The monoisotopic (exact) mass is 214 g/mol. The van der Waals surface area contributed by atoms with E-state index in [2.05, 4.69) is 11.1 Å². The van der Waals surface area contributed by atoms with Crippen molar-refractivity contribution in [1.29, 1.82) is 5.26 Å². The van der Waals surface area contributed by atoms with E-state index >= 15 is 0 Å². The highest BCUT2D eigenvalue weighted by atomic mass is 35.5. The molecule has 0 bridgehead atoms. The number of halogens is 1. The number of aromatic nitrogens is 1. The van der Waals surface area contributed by atoms with Crippen molar-refractivity contribution in [1.82, 2.24) is 4.98 Å². The third-order valence-electron chi connectivity index (χ3n) is 2.08. The van der Waals surface area contributed by atoms with Gasteiger partial charge in [-0.25, -0.2) is 0 Å². The van der Waals surface area contributed by atoms with Crippen molar-refractivity contribution in [3.8, 4) is 17.2 Å². The summed E-state index contributed by atoms with van der Waals surface area (Å²) in [6.45, 7) is 0. The van der Waals surface area contributed by atoms with Gasteiger partial charge >= 0.3 is 0 Å². The molecule has 1 heterocycles. The summed E-state index contributed by atoms with van der Waals surface area (Å²) in [5, 5.41) is 9.55. The minimum Gasteiger partial charge on any atom is -0.264 e. The summed E-state index contributed by atoms with van der Waals surface area (Å²) >= 11 is 6.06. The Morgan fingerprint density at radius 2 is 2.07 bits per heavy atom. The van der Waals surface area contributed by atoms with Crippen molar-refractivity contribution in [2.75, 3.05) is 0 Å². The minimum absolute atomic E-state index is 0.565. The molecule has 0 aliphatic rings. The zero-order valence-corrected chi connectivity index (χ0v) is 8.57. The third-order valence-corrected chi connectivity index (χ3v) is 2.40. The summed E-state index contributed by atoms with van der Waals surface area (Å²) < 4.78 is 0. The van der Waals surface area contributed by atoms with Crippen LogP contribution in [0.4, 0.5) is 0 Å². The minimum atomic E-state index is 0.565. The van der Waals surface area contributed by atoms with E-state index in [0.717, 1.165) is 11.1 Å². The summed E-state index contributed by atoms with van der Waals surface area (Å²) in [5.41, 5.74) is 2.17. The van der Waals surface area contributed by atoms with Gasteiger partial charge in [0.2, 0.25) is 0 Å². The Labute approximate surface area is 92.8 Å². The van der Waals surface area contributed by atoms with Crippen LogP contribution in [-0.4, -0.2) is 4.98 Å². The molecule has 2 rings (SSSR count). The van der Waals surface area contributed by atoms with Gasteiger partial charge in [-0.15, -0.1) is 0 Å². The predicted molar refractivity (Wildman–Crippen MR) is 59.4 cm³/mol. The van der Waals surface area contributed by atoms with Crippen molar-refractivity contribution >= 4 is 11.6 Å². The molecule has 0 N–H and O–H groups in total. The van der Waals surface area contributed by atoms with Gasteiger partial charge in [-0.3, -0.25) is 4.98 Å². The highest BCUT2D eigenvalue weighted by molar-refractivity contribution is 6.33. The zero-order chi connectivity index (χ0) is 10.7. The van der Waals surface area contributed by atoms with Crippen molar-refractivity contribution in [2.24, 2.45) is 0 Å². The van der Waals surface area contributed by atoms with E-state index in [1.54, 1.807) is 30.6 Å². The van der Waals surface area contributed by atoms with Crippen LogP contribution in [0.15, 0.2) is 42.7 Å². The molecule has 72 valence electrons. The number of hydrogen-bond acceptors (Lipinski definition) is 2. The molecule has 3 heteroatoms. The topological polar surface area (TPSA) is 36.7 Å². The Balaban J connectivity index is 2.68. The lowest BCUT2D eigenvalue weighted by atomic mass is 10.0. The van der Waals surface area contributed by atoms with Gasteiger partial charge in [-0.05, 0) is 18.2 Å². The Morgan fingerprint density at radius 3 is 2.73 bits per heavy atom. The summed E-state index contributed by atoms with van der Waals surface area (Å²) in [6, 6.07) is 11.1. The number of nitrogens with zero attached hydrogens (tertiary/aromatic N) is 2. The first kappa shape index (κ1) is 9.70. The lowest BCUT2D eigenvalue weighted by Crippen LogP contribution is -1.86. The Bertz CT molecular complexity index is 515. The lowest BCUT2D eigenvalue weighted by molar-refractivity contribution is 1.33. The van der Waals surface area contributed by atoms with Crippen LogP contribution in [0.1, 0.15) is 5.56 Å². The maximum Gasteiger partial charge on any atom is 0.0998 e. The molecule has 1 aromatic heterocycles. The summed E-state index contributed by atoms with van der Waals surface area (Å²) in [6.07, 6.45) is 3.38. The van der Waals surface area contributed by atoms with Crippen LogP contribution in [0.5, 0.6) is 0 Å². The fraction of sp³-hybridized carbons (Fsp3) is 0. The molecule has 0 aliphatic heterocycles. The van der Waals surface area contributed by atoms with E-state index in [1.165, 1.54) is 0 Å². The number of benzene rings is 1. The lowest BCUT2D eigenvalue weighted by Gasteiger charge is -2.05. The van der Waals surface area contributed by atoms with E-state index in [-0.39, 0.29) is 0 Å². The molecule has 0 saturated carbocycles. The van der Waals surface area contributed by atoms with Crippen LogP contribution >= 0.6 is 11.6 Å². The van der Waals surface area contributed by atoms with Crippen molar-refractivity contribution in [2.45, 2.75) is 0 Å². The Kier molecular flexibility index (Phi) is 2.66. The molecule has 0 amide bonds. The maximum atomic E-state index is 8.98. The zero-order valence-electron chi connectivity index (χ0n) is 7.81. The van der Waals surface area contributed by atoms with E-state index in [0.29, 0.717) is 10.6 Å².